The fourth-order valence-corrected chi connectivity index (χ4v) is 7.82. The van der Waals surface area contributed by atoms with Gasteiger partial charge in [-0.1, -0.05) is 12.1 Å². The molecule has 4 aromatic rings. The molecular weight excluding hydrogens is 627 g/mol. The van der Waals surface area contributed by atoms with Gasteiger partial charge < -0.3 is 21.7 Å². The Kier molecular flexibility index (Phi) is 7.91. The summed E-state index contributed by atoms with van der Waals surface area (Å²) in [4.78, 5) is 56.3. The molecule has 1 saturated heterocycles. The number of benzene rings is 3. The summed E-state index contributed by atoms with van der Waals surface area (Å²) in [5.41, 5.74) is 13.7. The summed E-state index contributed by atoms with van der Waals surface area (Å²) < 4.78 is 15.0. The third-order valence-corrected chi connectivity index (χ3v) is 10.2. The Morgan fingerprint density at radius 3 is 2.20 bits per heavy atom. The number of piperidine rings is 1. The molecule has 3 aromatic carbocycles. The molecule has 12 nitrogen and oxygen atoms in total. The van der Waals surface area contributed by atoms with Gasteiger partial charge in [-0.15, -0.1) is 5.10 Å². The second kappa shape index (κ2) is 12.1. The maximum Gasteiger partial charge on any atom is 0.348 e. The number of hydrogen-bond acceptors (Lipinski definition) is 7. The van der Waals surface area contributed by atoms with Gasteiger partial charge in [0, 0.05) is 23.2 Å². The molecule has 1 aliphatic heterocycles. The first-order valence-corrected chi connectivity index (χ1v) is 16.3. The minimum Gasteiger partial charge on any atom is -0.366 e. The van der Waals surface area contributed by atoms with E-state index in [-0.39, 0.29) is 36.8 Å². The Morgan fingerprint density at radius 2 is 1.63 bits per heavy atom. The monoisotopic (exact) mass is 662 g/mol. The Balaban J connectivity index is 1.37. The lowest BCUT2D eigenvalue weighted by Gasteiger charge is -2.37. The maximum absolute atomic E-state index is 13.8. The zero-order chi connectivity index (χ0) is 34.6. The lowest BCUT2D eigenvalue weighted by Crippen LogP contribution is -2.46. The van der Waals surface area contributed by atoms with Crippen molar-refractivity contribution in [1.29, 1.82) is 5.26 Å². The number of nitrogens with zero attached hydrogens (tertiary/aromatic N) is 4. The van der Waals surface area contributed by atoms with E-state index < -0.39 is 34.8 Å². The molecule has 0 spiro atoms. The molecule has 0 radical (unpaired) electrons. The SMILES string of the molecule is C[C@@H](CC1(c2nn(-c3ccc(F)cc3)c(=O)[nH]2)c2ccc(C(N)=O)cc2CCc2cc(C(N)=O)ccc21)NCC(=O)N1[C@H](C#N)C[C@@H]2C[C@@H]21. The standard InChI is InChI=1S/C36H35FN8O4/c1-19(41-18-31(46)44-27(17-38)14-24-15-30(24)44)16-36(34-42-35(49)45(43-34)26-8-6-25(37)7-9-26)28-10-4-22(32(39)47)12-20(28)2-3-21-13-23(33(40)48)5-11-29(21)36/h4-13,19,24,27,30,41H,2-3,14-16,18H2,1H3,(H2,39,47)(H2,40,48)(H,42,43,49)/t19-,24+,27-,30-/m0/s1. The molecule has 13 heteroatoms. The third-order valence-electron chi connectivity index (χ3n) is 10.2. The summed E-state index contributed by atoms with van der Waals surface area (Å²) in [6.45, 7) is 1.93. The van der Waals surface area contributed by atoms with Crippen LogP contribution < -0.4 is 22.5 Å². The van der Waals surface area contributed by atoms with Gasteiger partial charge in [0.05, 0.1) is 23.7 Å². The summed E-state index contributed by atoms with van der Waals surface area (Å²) in [6, 6.07) is 17.3. The van der Waals surface area contributed by atoms with E-state index in [0.717, 1.165) is 28.7 Å². The highest BCUT2D eigenvalue weighted by Gasteiger charge is 2.54. The summed E-state index contributed by atoms with van der Waals surface area (Å²) >= 11 is 0. The first-order chi connectivity index (χ1) is 23.5. The molecule has 0 unspecified atom stereocenters. The predicted octanol–water partition coefficient (Wildman–Crippen LogP) is 2.21. The van der Waals surface area contributed by atoms with Crippen molar-refractivity contribution >= 4 is 17.7 Å². The van der Waals surface area contributed by atoms with E-state index in [9.17, 15) is 28.8 Å². The Morgan fingerprint density at radius 1 is 1.02 bits per heavy atom. The summed E-state index contributed by atoms with van der Waals surface area (Å²) in [5.74, 6) is -1.14. The van der Waals surface area contributed by atoms with Gasteiger partial charge in [-0.05, 0) is 116 Å². The lowest BCUT2D eigenvalue weighted by molar-refractivity contribution is -0.131. The van der Waals surface area contributed by atoms with Gasteiger partial charge >= 0.3 is 5.69 Å². The van der Waals surface area contributed by atoms with Crippen LogP contribution in [0, 0.1) is 23.1 Å². The van der Waals surface area contributed by atoms with Crippen molar-refractivity contribution in [2.45, 2.75) is 62.6 Å². The number of fused-ring (bicyclic) bond motifs is 3. The molecule has 49 heavy (non-hydrogen) atoms. The van der Waals surface area contributed by atoms with Gasteiger partial charge in [0.25, 0.3) is 0 Å². The van der Waals surface area contributed by atoms with Gasteiger partial charge in [0.15, 0.2) is 0 Å². The van der Waals surface area contributed by atoms with Crippen LogP contribution in [0.2, 0.25) is 0 Å². The van der Waals surface area contributed by atoms with Crippen molar-refractivity contribution in [3.05, 3.63) is 116 Å². The number of halogens is 1. The van der Waals surface area contributed by atoms with E-state index in [1.54, 1.807) is 29.2 Å². The Bertz CT molecular complexity index is 2030. The quantitative estimate of drug-likeness (QED) is 0.211. The molecule has 7 rings (SSSR count). The minimum atomic E-state index is -1.18. The van der Waals surface area contributed by atoms with Crippen LogP contribution in [0.1, 0.15) is 75.0 Å². The van der Waals surface area contributed by atoms with Gasteiger partial charge in [-0.2, -0.15) is 9.94 Å². The summed E-state index contributed by atoms with van der Waals surface area (Å²) in [7, 11) is 0. The van der Waals surface area contributed by atoms with Crippen molar-refractivity contribution in [3.63, 3.8) is 0 Å². The van der Waals surface area contributed by atoms with Gasteiger partial charge in [0.2, 0.25) is 17.7 Å². The van der Waals surface area contributed by atoms with Crippen molar-refractivity contribution in [2.75, 3.05) is 6.54 Å². The number of aryl methyl sites for hydroxylation is 2. The molecule has 2 aliphatic carbocycles. The molecule has 1 aromatic heterocycles. The topological polar surface area (TPSA) is 193 Å². The molecular formula is C36H35FN8O4. The van der Waals surface area contributed by atoms with Crippen molar-refractivity contribution in [3.8, 4) is 11.8 Å². The maximum atomic E-state index is 13.8. The van der Waals surface area contributed by atoms with Crippen molar-refractivity contribution < 1.29 is 18.8 Å². The van der Waals surface area contributed by atoms with Crippen molar-refractivity contribution in [1.82, 2.24) is 25.0 Å². The van der Waals surface area contributed by atoms with E-state index in [1.165, 1.54) is 28.9 Å². The second-order valence-electron chi connectivity index (χ2n) is 13.3. The lowest BCUT2D eigenvalue weighted by atomic mass is 9.67. The fraction of sp³-hybridized carbons (Fsp3) is 0.333. The molecule has 4 atom stereocenters. The molecule has 250 valence electrons. The zero-order valence-electron chi connectivity index (χ0n) is 26.8. The number of nitrogens with one attached hydrogen (secondary N) is 2. The van der Waals surface area contributed by atoms with E-state index in [2.05, 4.69) is 16.4 Å². The number of carbonyl (C=O) groups excluding carboxylic acids is 3. The number of hydrogen-bond donors (Lipinski definition) is 4. The highest BCUT2D eigenvalue weighted by Crippen LogP contribution is 2.48. The number of aromatic nitrogens is 3. The average Bonchev–Trinajstić information content (AvgIpc) is 3.62. The second-order valence-corrected chi connectivity index (χ2v) is 13.3. The number of nitriles is 1. The highest BCUT2D eigenvalue weighted by atomic mass is 19.1. The van der Waals surface area contributed by atoms with E-state index in [0.29, 0.717) is 42.0 Å². The van der Waals surface area contributed by atoms with Crippen LogP contribution in [0.4, 0.5) is 4.39 Å². The molecule has 6 N–H and O–H groups in total. The Hall–Kier alpha value is -5.61. The molecule has 2 heterocycles. The molecule has 0 bridgehead atoms. The first-order valence-electron chi connectivity index (χ1n) is 16.3. The van der Waals surface area contributed by atoms with Crippen LogP contribution in [0.5, 0.6) is 0 Å². The smallest absolute Gasteiger partial charge is 0.348 e. The first kappa shape index (κ1) is 32.0. The average molecular weight is 663 g/mol. The van der Waals surface area contributed by atoms with Gasteiger partial charge in [-0.3, -0.25) is 19.4 Å². The largest absolute Gasteiger partial charge is 0.366 e. The third kappa shape index (κ3) is 5.57. The van der Waals surface area contributed by atoms with Crippen molar-refractivity contribution in [2.24, 2.45) is 17.4 Å². The number of nitrogens with two attached hydrogens (primary N) is 2. The molecule has 3 amide bonds. The number of aromatic amines is 1. The number of rotatable bonds is 9. The van der Waals surface area contributed by atoms with Gasteiger partial charge in [-0.25, -0.2) is 9.18 Å². The van der Waals surface area contributed by atoms with Crippen LogP contribution in [0.3, 0.4) is 0 Å². The predicted molar refractivity (Wildman–Crippen MR) is 176 cm³/mol. The summed E-state index contributed by atoms with van der Waals surface area (Å²) in [5, 5.41) is 17.8. The van der Waals surface area contributed by atoms with Crippen LogP contribution in [0.25, 0.3) is 5.69 Å². The highest BCUT2D eigenvalue weighted by molar-refractivity contribution is 5.94. The van der Waals surface area contributed by atoms with Crippen LogP contribution in [0.15, 0.2) is 65.5 Å². The molecule has 3 aliphatic rings. The van der Waals surface area contributed by atoms with Gasteiger partial charge in [0.1, 0.15) is 17.7 Å². The zero-order valence-corrected chi connectivity index (χ0v) is 26.8. The normalized spacial score (nSPS) is 20.7. The number of amides is 3. The van der Waals surface area contributed by atoms with Crippen LogP contribution >= 0.6 is 0 Å². The molecule has 2 fully saturated rings. The summed E-state index contributed by atoms with van der Waals surface area (Å²) in [6.07, 6.45) is 2.84. The number of carbonyl (C=O) groups is 3. The van der Waals surface area contributed by atoms with E-state index in [4.69, 9.17) is 16.6 Å². The van der Waals surface area contributed by atoms with E-state index >= 15 is 0 Å². The number of likely N-dealkylation sites (tertiary alicyclic amines) is 1. The number of primary amides is 2. The number of H-pyrrole nitrogens is 1. The van der Waals surface area contributed by atoms with E-state index in [1.807, 2.05) is 19.1 Å². The minimum absolute atomic E-state index is 0.000126. The Labute approximate surface area is 280 Å². The van der Waals surface area contributed by atoms with Crippen LogP contribution in [-0.4, -0.2) is 62.1 Å². The van der Waals surface area contributed by atoms with Crippen LogP contribution in [-0.2, 0) is 23.1 Å². The molecule has 1 saturated carbocycles. The fourth-order valence-electron chi connectivity index (χ4n) is 7.82.